The largest absolute Gasteiger partial charge is 0.376 e. The van der Waals surface area contributed by atoms with Crippen molar-refractivity contribution in [1.82, 2.24) is 0 Å². The van der Waals surface area contributed by atoms with Gasteiger partial charge in [0.05, 0.1) is 58.5 Å². The zero-order valence-corrected chi connectivity index (χ0v) is 29.1. The second-order valence-corrected chi connectivity index (χ2v) is 12.8. The summed E-state index contributed by atoms with van der Waals surface area (Å²) in [6, 6.07) is 51.0. The van der Waals surface area contributed by atoms with Crippen LogP contribution in [0.25, 0.3) is 0 Å². The van der Waals surface area contributed by atoms with Gasteiger partial charge in [0.1, 0.15) is 18.3 Å². The highest BCUT2D eigenvalue weighted by Crippen LogP contribution is 2.38. The second-order valence-electron chi connectivity index (χ2n) is 12.8. The molecule has 0 aromatic heterocycles. The molecule has 1 fully saturated rings. The lowest BCUT2D eigenvalue weighted by molar-refractivity contribution is -0.272. The average Bonchev–Trinajstić information content (AvgIpc) is 3.19. The minimum atomic E-state index is -0.541. The molecule has 6 nitrogen and oxygen atoms in total. The molecule has 6 heteroatoms. The number of hydrogen-bond donors (Lipinski definition) is 0. The molecular weight excluding hydrogens is 636 g/mol. The van der Waals surface area contributed by atoms with Crippen molar-refractivity contribution in [2.75, 3.05) is 13.2 Å². The lowest BCUT2D eigenvalue weighted by Gasteiger charge is -2.50. The molecule has 0 radical (unpaired) electrons. The van der Waals surface area contributed by atoms with E-state index in [1.807, 2.05) is 91.0 Å². The predicted molar refractivity (Wildman–Crippen MR) is 200 cm³/mol. The van der Waals surface area contributed by atoms with E-state index in [-0.39, 0.29) is 5.92 Å². The Morgan fingerprint density at radius 2 is 0.667 bits per heavy atom. The van der Waals surface area contributed by atoms with Crippen LogP contribution in [0.3, 0.4) is 0 Å². The third kappa shape index (κ3) is 10.8. The molecule has 6 atom stereocenters. The van der Waals surface area contributed by atoms with Crippen LogP contribution >= 0.6 is 0 Å². The van der Waals surface area contributed by atoms with E-state index in [1.165, 1.54) is 0 Å². The minimum absolute atomic E-state index is 0.270. The molecule has 1 aliphatic rings. The molecule has 1 saturated carbocycles. The quantitative estimate of drug-likeness (QED) is 0.0812. The van der Waals surface area contributed by atoms with E-state index in [0.29, 0.717) is 46.2 Å². The van der Waals surface area contributed by atoms with Gasteiger partial charge in [0.25, 0.3) is 0 Å². The van der Waals surface area contributed by atoms with Gasteiger partial charge in [-0.3, -0.25) is 0 Å². The second kappa shape index (κ2) is 19.8. The minimum Gasteiger partial charge on any atom is -0.376 e. The van der Waals surface area contributed by atoms with Gasteiger partial charge in [-0.05, 0) is 27.8 Å². The first-order valence-electron chi connectivity index (χ1n) is 17.7. The standard InChI is InChI=1S/C45H48O6/c1-2-28-47-43-41(48-30-36-20-10-4-11-21-36)40(34-46-29-35-18-8-3-9-19-35)42(49-31-37-22-12-5-13-23-37)44(50-32-38-24-14-6-15-25-38)45(43)51-33-39-26-16-7-17-27-39/h2-27,40-45H,1,28-34H2/t40-,41-,42-,43-,44+,45+/m1/s1. The highest BCUT2D eigenvalue weighted by Gasteiger charge is 2.54. The Labute approximate surface area is 302 Å². The van der Waals surface area contributed by atoms with Crippen LogP contribution in [0.5, 0.6) is 0 Å². The third-order valence-corrected chi connectivity index (χ3v) is 9.11. The van der Waals surface area contributed by atoms with E-state index in [9.17, 15) is 0 Å². The lowest BCUT2D eigenvalue weighted by Crippen LogP contribution is -2.65. The van der Waals surface area contributed by atoms with Crippen molar-refractivity contribution in [1.29, 1.82) is 0 Å². The van der Waals surface area contributed by atoms with E-state index < -0.39 is 30.5 Å². The zero-order valence-electron chi connectivity index (χ0n) is 29.1. The Hall–Kier alpha value is -4.40. The van der Waals surface area contributed by atoms with E-state index in [0.717, 1.165) is 27.8 Å². The monoisotopic (exact) mass is 684 g/mol. The van der Waals surface area contributed by atoms with Crippen LogP contribution in [0.4, 0.5) is 0 Å². The highest BCUT2D eigenvalue weighted by atomic mass is 16.6. The summed E-state index contributed by atoms with van der Waals surface area (Å²) in [6.07, 6.45) is -0.733. The molecule has 264 valence electrons. The summed E-state index contributed by atoms with van der Waals surface area (Å²) < 4.78 is 40.9. The van der Waals surface area contributed by atoms with Crippen molar-refractivity contribution in [2.45, 2.75) is 63.6 Å². The first-order chi connectivity index (χ1) is 25.3. The van der Waals surface area contributed by atoms with Crippen LogP contribution in [0, 0.1) is 5.92 Å². The van der Waals surface area contributed by atoms with Gasteiger partial charge in [-0.15, -0.1) is 6.58 Å². The average molecular weight is 685 g/mol. The zero-order chi connectivity index (χ0) is 34.9. The van der Waals surface area contributed by atoms with Crippen LogP contribution in [-0.2, 0) is 61.5 Å². The molecule has 0 N–H and O–H groups in total. The van der Waals surface area contributed by atoms with Crippen molar-refractivity contribution >= 4 is 0 Å². The summed E-state index contributed by atoms with van der Waals surface area (Å²) in [6.45, 7) is 6.63. The fourth-order valence-corrected chi connectivity index (χ4v) is 6.56. The fraction of sp³-hybridized carbons (Fsp3) is 0.289. The summed E-state index contributed by atoms with van der Waals surface area (Å²) in [7, 11) is 0. The number of hydrogen-bond acceptors (Lipinski definition) is 6. The Morgan fingerprint density at radius 3 is 1.02 bits per heavy atom. The first-order valence-corrected chi connectivity index (χ1v) is 17.7. The van der Waals surface area contributed by atoms with Crippen LogP contribution < -0.4 is 0 Å². The summed E-state index contributed by atoms with van der Waals surface area (Å²) >= 11 is 0. The summed E-state index contributed by atoms with van der Waals surface area (Å²) in [5, 5.41) is 0. The molecule has 0 aliphatic heterocycles. The maximum absolute atomic E-state index is 6.96. The van der Waals surface area contributed by atoms with Crippen LogP contribution in [-0.4, -0.2) is 43.7 Å². The highest BCUT2D eigenvalue weighted by molar-refractivity contribution is 5.18. The summed E-state index contributed by atoms with van der Waals surface area (Å²) in [4.78, 5) is 0. The molecule has 0 saturated heterocycles. The van der Waals surface area contributed by atoms with E-state index in [4.69, 9.17) is 28.4 Å². The summed E-state index contributed by atoms with van der Waals surface area (Å²) in [5.41, 5.74) is 5.34. The normalized spacial score (nSPS) is 21.6. The Kier molecular flexibility index (Phi) is 14.2. The molecule has 1 aliphatic carbocycles. The third-order valence-electron chi connectivity index (χ3n) is 9.11. The van der Waals surface area contributed by atoms with E-state index in [1.54, 1.807) is 6.08 Å². The molecule has 0 bridgehead atoms. The van der Waals surface area contributed by atoms with Gasteiger partial charge >= 0.3 is 0 Å². The van der Waals surface area contributed by atoms with Crippen molar-refractivity contribution in [2.24, 2.45) is 5.92 Å². The van der Waals surface area contributed by atoms with Gasteiger partial charge in [0.15, 0.2) is 0 Å². The molecular formula is C45H48O6. The molecule has 0 unspecified atom stereocenters. The van der Waals surface area contributed by atoms with Gasteiger partial charge in [-0.1, -0.05) is 158 Å². The van der Waals surface area contributed by atoms with E-state index in [2.05, 4.69) is 67.2 Å². The van der Waals surface area contributed by atoms with Crippen LogP contribution in [0.2, 0.25) is 0 Å². The molecule has 0 amide bonds. The molecule has 51 heavy (non-hydrogen) atoms. The topological polar surface area (TPSA) is 55.4 Å². The maximum atomic E-state index is 6.96. The molecule has 0 spiro atoms. The van der Waals surface area contributed by atoms with Crippen molar-refractivity contribution in [3.8, 4) is 0 Å². The molecule has 6 rings (SSSR count). The van der Waals surface area contributed by atoms with Gasteiger partial charge in [-0.25, -0.2) is 0 Å². The lowest BCUT2D eigenvalue weighted by atomic mass is 9.77. The van der Waals surface area contributed by atoms with Crippen molar-refractivity contribution in [3.05, 3.63) is 192 Å². The molecule has 5 aromatic carbocycles. The van der Waals surface area contributed by atoms with Gasteiger partial charge in [-0.2, -0.15) is 0 Å². The Balaban J connectivity index is 1.38. The van der Waals surface area contributed by atoms with Gasteiger partial charge < -0.3 is 28.4 Å². The SMILES string of the molecule is C=CCO[C@H]1[C@H](OCc2ccccc2)[C@@H](OCc2ccccc2)[C@H](OCc2ccccc2)[C@H](COCc2ccccc2)[C@H]1OCc1ccccc1. The molecule has 0 heterocycles. The van der Waals surface area contributed by atoms with Gasteiger partial charge in [0.2, 0.25) is 0 Å². The Morgan fingerprint density at radius 1 is 0.373 bits per heavy atom. The first kappa shape index (κ1) is 36.4. The van der Waals surface area contributed by atoms with Crippen molar-refractivity contribution < 1.29 is 28.4 Å². The van der Waals surface area contributed by atoms with Crippen LogP contribution in [0.15, 0.2) is 164 Å². The smallest absolute Gasteiger partial charge is 0.115 e. The number of benzene rings is 5. The molecule has 5 aromatic rings. The van der Waals surface area contributed by atoms with Crippen LogP contribution in [0.1, 0.15) is 27.8 Å². The maximum Gasteiger partial charge on any atom is 0.115 e. The predicted octanol–water partition coefficient (Wildman–Crippen LogP) is 8.75. The van der Waals surface area contributed by atoms with Gasteiger partial charge in [0, 0.05) is 5.92 Å². The van der Waals surface area contributed by atoms with E-state index >= 15 is 0 Å². The number of rotatable bonds is 19. The Bertz CT molecular complexity index is 1670. The summed E-state index contributed by atoms with van der Waals surface area (Å²) in [5.74, 6) is -0.270. The fourth-order valence-electron chi connectivity index (χ4n) is 6.56. The number of ether oxygens (including phenoxy) is 6. The van der Waals surface area contributed by atoms with Crippen molar-refractivity contribution in [3.63, 3.8) is 0 Å².